The second kappa shape index (κ2) is 12.6. The van der Waals surface area contributed by atoms with E-state index in [-0.39, 0.29) is 5.91 Å². The molecule has 1 unspecified atom stereocenters. The van der Waals surface area contributed by atoms with Gasteiger partial charge >= 0.3 is 0 Å². The molecular formula is C20H32N2O. The number of rotatable bonds is 11. The van der Waals surface area contributed by atoms with E-state index in [0.29, 0.717) is 6.54 Å². The lowest BCUT2D eigenvalue weighted by atomic mass is 10.0. The molecule has 0 spiro atoms. The third-order valence-electron chi connectivity index (χ3n) is 3.52. The maximum absolute atomic E-state index is 12.1. The maximum Gasteiger partial charge on any atom is 0.232 e. The van der Waals surface area contributed by atoms with Crippen molar-refractivity contribution < 1.29 is 4.79 Å². The molecule has 0 heterocycles. The molecule has 0 aromatic rings. The van der Waals surface area contributed by atoms with E-state index in [0.717, 1.165) is 42.4 Å². The fraction of sp³-hybridized carbons (Fsp3) is 0.500. The number of nitrogens with one attached hydrogen (secondary N) is 2. The second-order valence-electron chi connectivity index (χ2n) is 5.76. The van der Waals surface area contributed by atoms with Crippen molar-refractivity contribution in [3.63, 3.8) is 0 Å². The predicted molar refractivity (Wildman–Crippen MR) is 101 cm³/mol. The van der Waals surface area contributed by atoms with Gasteiger partial charge in [0.1, 0.15) is 0 Å². The van der Waals surface area contributed by atoms with Crippen LogP contribution in [0.1, 0.15) is 53.4 Å². The molecule has 3 nitrogen and oxygen atoms in total. The number of amides is 1. The number of hydrogen-bond acceptors (Lipinski definition) is 2. The van der Waals surface area contributed by atoms with E-state index < -0.39 is 5.92 Å². The van der Waals surface area contributed by atoms with E-state index in [2.05, 4.69) is 37.9 Å². The Bertz CT molecular complexity index is 484. The minimum absolute atomic E-state index is 0.116. The zero-order valence-electron chi connectivity index (χ0n) is 15.1. The Hall–Kier alpha value is -1.90. The minimum Gasteiger partial charge on any atom is -0.355 e. The van der Waals surface area contributed by atoms with Crippen molar-refractivity contribution in [2.45, 2.75) is 53.4 Å². The van der Waals surface area contributed by atoms with Gasteiger partial charge < -0.3 is 10.7 Å². The molecule has 1 atom stereocenters. The number of allylic oxidation sites excluding steroid dienone is 6. The van der Waals surface area contributed by atoms with Crippen LogP contribution in [0.4, 0.5) is 0 Å². The zero-order chi connectivity index (χ0) is 17.7. The van der Waals surface area contributed by atoms with Crippen LogP contribution in [0.3, 0.4) is 0 Å². The van der Waals surface area contributed by atoms with Gasteiger partial charge in [-0.05, 0) is 37.8 Å². The van der Waals surface area contributed by atoms with Crippen molar-refractivity contribution >= 4 is 12.1 Å². The first-order chi connectivity index (χ1) is 11.0. The van der Waals surface area contributed by atoms with Crippen LogP contribution in [0.25, 0.3) is 0 Å². The van der Waals surface area contributed by atoms with Gasteiger partial charge in [0.05, 0.1) is 5.92 Å². The summed E-state index contributed by atoms with van der Waals surface area (Å²) in [6.45, 7) is 12.9. The Balaban J connectivity index is 4.75. The second-order valence-corrected chi connectivity index (χ2v) is 5.76. The molecule has 0 aliphatic rings. The van der Waals surface area contributed by atoms with E-state index in [1.807, 2.05) is 19.9 Å². The average molecular weight is 316 g/mol. The van der Waals surface area contributed by atoms with Crippen molar-refractivity contribution in [1.29, 1.82) is 5.41 Å². The van der Waals surface area contributed by atoms with Crippen LogP contribution >= 0.6 is 0 Å². The SMILES string of the molecule is C=C(/C=C(C)\C=C/CC)/C(C)=C/C(C=N)C(=O)NCCCCC. The summed E-state index contributed by atoms with van der Waals surface area (Å²) in [6.07, 6.45) is 13.4. The molecule has 0 saturated carbocycles. The van der Waals surface area contributed by atoms with E-state index in [1.165, 1.54) is 6.21 Å². The summed E-state index contributed by atoms with van der Waals surface area (Å²) in [5.74, 6) is -0.650. The summed E-state index contributed by atoms with van der Waals surface area (Å²) in [4.78, 5) is 12.1. The van der Waals surface area contributed by atoms with Gasteiger partial charge in [-0.2, -0.15) is 0 Å². The number of carbonyl (C=O) groups is 1. The predicted octanol–water partition coefficient (Wildman–Crippen LogP) is 4.97. The largest absolute Gasteiger partial charge is 0.355 e. The van der Waals surface area contributed by atoms with Crippen molar-refractivity contribution in [2.24, 2.45) is 5.92 Å². The third kappa shape index (κ3) is 9.67. The summed E-state index contributed by atoms with van der Waals surface area (Å²) in [6, 6.07) is 0. The fourth-order valence-corrected chi connectivity index (χ4v) is 2.02. The number of carbonyl (C=O) groups excluding carboxylic acids is 1. The molecule has 1 amide bonds. The minimum atomic E-state index is -0.534. The van der Waals surface area contributed by atoms with E-state index in [1.54, 1.807) is 6.08 Å². The Morgan fingerprint density at radius 3 is 2.52 bits per heavy atom. The highest BCUT2D eigenvalue weighted by molar-refractivity contribution is 5.94. The molecule has 0 aliphatic heterocycles. The monoisotopic (exact) mass is 316 g/mol. The molecule has 0 radical (unpaired) electrons. The summed E-state index contributed by atoms with van der Waals surface area (Å²) in [7, 11) is 0. The standard InChI is InChI=1S/C20H32N2O/c1-6-8-10-12-22-20(23)19(15-21)14-18(5)17(4)13-16(3)11-9-7-2/h9,11,13-15,19,21H,4,6-8,10,12H2,1-3,5H3,(H,22,23)/b11-9-,16-13-,18-14+,21-15?. The normalized spacial score (nSPS) is 13.9. The van der Waals surface area contributed by atoms with Gasteiger partial charge in [-0.1, -0.05) is 63.1 Å². The lowest BCUT2D eigenvalue weighted by Crippen LogP contribution is -2.31. The van der Waals surface area contributed by atoms with Crippen LogP contribution < -0.4 is 5.32 Å². The maximum atomic E-state index is 12.1. The summed E-state index contributed by atoms with van der Waals surface area (Å²) >= 11 is 0. The van der Waals surface area contributed by atoms with Crippen LogP contribution in [0, 0.1) is 11.3 Å². The van der Waals surface area contributed by atoms with Crippen LogP contribution in [-0.2, 0) is 4.79 Å². The Kier molecular flexibility index (Phi) is 11.6. The molecule has 128 valence electrons. The van der Waals surface area contributed by atoms with Crippen LogP contribution in [0.5, 0.6) is 0 Å². The molecule has 0 rings (SSSR count). The zero-order valence-corrected chi connectivity index (χ0v) is 15.1. The smallest absolute Gasteiger partial charge is 0.232 e. The Morgan fingerprint density at radius 1 is 1.26 bits per heavy atom. The van der Waals surface area contributed by atoms with Crippen molar-refractivity contribution in [3.8, 4) is 0 Å². The van der Waals surface area contributed by atoms with E-state index in [9.17, 15) is 4.79 Å². The first kappa shape index (κ1) is 21.1. The van der Waals surface area contributed by atoms with Gasteiger partial charge in [0.15, 0.2) is 0 Å². The highest BCUT2D eigenvalue weighted by Gasteiger charge is 2.13. The van der Waals surface area contributed by atoms with Crippen molar-refractivity contribution in [2.75, 3.05) is 6.54 Å². The lowest BCUT2D eigenvalue weighted by molar-refractivity contribution is -0.121. The van der Waals surface area contributed by atoms with Gasteiger partial charge in [0.2, 0.25) is 5.91 Å². The third-order valence-corrected chi connectivity index (χ3v) is 3.52. The average Bonchev–Trinajstić information content (AvgIpc) is 2.53. The Labute approximate surface area is 141 Å². The van der Waals surface area contributed by atoms with Gasteiger partial charge in [-0.15, -0.1) is 0 Å². The lowest BCUT2D eigenvalue weighted by Gasteiger charge is -2.10. The Morgan fingerprint density at radius 2 is 1.96 bits per heavy atom. The molecule has 0 saturated heterocycles. The quantitative estimate of drug-likeness (QED) is 0.315. The molecule has 3 heteroatoms. The molecular weight excluding hydrogens is 284 g/mol. The fourth-order valence-electron chi connectivity index (χ4n) is 2.02. The molecule has 0 aromatic heterocycles. The first-order valence-electron chi connectivity index (χ1n) is 8.47. The van der Waals surface area contributed by atoms with Gasteiger partial charge in [-0.25, -0.2) is 0 Å². The topological polar surface area (TPSA) is 53.0 Å². The molecule has 0 aliphatic carbocycles. The number of hydrogen-bond donors (Lipinski definition) is 2. The van der Waals surface area contributed by atoms with Crippen molar-refractivity contribution in [1.82, 2.24) is 5.32 Å². The summed E-state index contributed by atoms with van der Waals surface area (Å²) < 4.78 is 0. The van der Waals surface area contributed by atoms with Crippen LogP contribution in [-0.4, -0.2) is 18.7 Å². The first-order valence-corrected chi connectivity index (χ1v) is 8.47. The molecule has 23 heavy (non-hydrogen) atoms. The molecule has 0 bridgehead atoms. The van der Waals surface area contributed by atoms with Gasteiger partial charge in [0, 0.05) is 12.8 Å². The molecule has 2 N–H and O–H groups in total. The van der Waals surface area contributed by atoms with E-state index >= 15 is 0 Å². The number of unbranched alkanes of at least 4 members (excludes halogenated alkanes) is 2. The van der Waals surface area contributed by atoms with Crippen LogP contribution in [0.2, 0.25) is 0 Å². The van der Waals surface area contributed by atoms with Gasteiger partial charge in [-0.3, -0.25) is 4.79 Å². The van der Waals surface area contributed by atoms with E-state index in [4.69, 9.17) is 5.41 Å². The van der Waals surface area contributed by atoms with Crippen molar-refractivity contribution in [3.05, 3.63) is 47.6 Å². The molecule has 0 fully saturated rings. The van der Waals surface area contributed by atoms with Gasteiger partial charge in [0.25, 0.3) is 0 Å². The summed E-state index contributed by atoms with van der Waals surface area (Å²) in [5, 5.41) is 10.4. The highest BCUT2D eigenvalue weighted by atomic mass is 16.1. The summed E-state index contributed by atoms with van der Waals surface area (Å²) in [5.41, 5.74) is 2.92. The highest BCUT2D eigenvalue weighted by Crippen LogP contribution is 2.14. The van der Waals surface area contributed by atoms with Crippen LogP contribution in [0.15, 0.2) is 47.6 Å². The molecule has 0 aromatic carbocycles.